The SMILES string of the molecule is CCC1CCCC2C3CCOC(CC)(CC)C3NC12. The molecule has 0 amide bonds. The molecule has 0 aromatic rings. The number of rotatable bonds is 3. The van der Waals surface area contributed by atoms with Crippen molar-refractivity contribution in [3.05, 3.63) is 0 Å². The molecule has 2 nitrogen and oxygen atoms in total. The van der Waals surface area contributed by atoms with Gasteiger partial charge in [0.2, 0.25) is 0 Å². The Morgan fingerprint density at radius 2 is 1.84 bits per heavy atom. The van der Waals surface area contributed by atoms with Crippen molar-refractivity contribution in [2.75, 3.05) is 6.61 Å². The van der Waals surface area contributed by atoms with Gasteiger partial charge in [-0.05, 0) is 49.9 Å². The third-order valence-corrected chi connectivity index (χ3v) is 6.56. The lowest BCUT2D eigenvalue weighted by molar-refractivity contribution is -0.120. The van der Waals surface area contributed by atoms with Crippen LogP contribution in [-0.2, 0) is 4.74 Å². The first-order chi connectivity index (χ1) is 9.25. The molecule has 5 atom stereocenters. The van der Waals surface area contributed by atoms with Gasteiger partial charge in [-0.1, -0.05) is 33.6 Å². The van der Waals surface area contributed by atoms with Gasteiger partial charge in [-0.25, -0.2) is 0 Å². The maximum atomic E-state index is 6.29. The average Bonchev–Trinajstić information content (AvgIpc) is 2.86. The monoisotopic (exact) mass is 265 g/mol. The van der Waals surface area contributed by atoms with Crippen molar-refractivity contribution in [1.29, 1.82) is 0 Å². The van der Waals surface area contributed by atoms with Gasteiger partial charge in [0.05, 0.1) is 5.60 Å². The van der Waals surface area contributed by atoms with E-state index in [0.717, 1.165) is 43.2 Å². The fraction of sp³-hybridized carbons (Fsp3) is 1.00. The van der Waals surface area contributed by atoms with E-state index in [-0.39, 0.29) is 5.60 Å². The summed E-state index contributed by atoms with van der Waals surface area (Å²) in [5.41, 5.74) is 0.124. The van der Waals surface area contributed by atoms with E-state index < -0.39 is 0 Å². The smallest absolute Gasteiger partial charge is 0.0832 e. The number of nitrogens with one attached hydrogen (secondary N) is 1. The standard InChI is InChI=1S/C17H31NO/c1-4-12-8-7-9-13-14-10-11-19-17(5-2,6-3)16(14)18-15(12)13/h12-16,18H,4-11H2,1-3H3. The highest BCUT2D eigenvalue weighted by Crippen LogP contribution is 2.49. The van der Waals surface area contributed by atoms with Gasteiger partial charge in [-0.15, -0.1) is 0 Å². The fourth-order valence-electron chi connectivity index (χ4n) is 5.41. The van der Waals surface area contributed by atoms with E-state index in [1.54, 1.807) is 0 Å². The van der Waals surface area contributed by atoms with Crippen molar-refractivity contribution in [1.82, 2.24) is 5.32 Å². The lowest BCUT2D eigenvalue weighted by Gasteiger charge is -2.45. The predicted octanol–water partition coefficient (Wildman–Crippen LogP) is 3.75. The van der Waals surface area contributed by atoms with Crippen LogP contribution in [-0.4, -0.2) is 24.3 Å². The first kappa shape index (κ1) is 13.9. The van der Waals surface area contributed by atoms with Crippen molar-refractivity contribution in [3.8, 4) is 0 Å². The van der Waals surface area contributed by atoms with E-state index in [1.807, 2.05) is 0 Å². The maximum Gasteiger partial charge on any atom is 0.0832 e. The molecule has 1 N–H and O–H groups in total. The molecule has 3 aliphatic rings. The van der Waals surface area contributed by atoms with Gasteiger partial charge >= 0.3 is 0 Å². The van der Waals surface area contributed by atoms with Crippen LogP contribution < -0.4 is 5.32 Å². The van der Waals surface area contributed by atoms with Crippen LogP contribution in [0.15, 0.2) is 0 Å². The van der Waals surface area contributed by atoms with Crippen molar-refractivity contribution in [2.24, 2.45) is 17.8 Å². The van der Waals surface area contributed by atoms with Gasteiger partial charge in [0.15, 0.2) is 0 Å². The number of fused-ring (bicyclic) bond motifs is 3. The zero-order valence-electron chi connectivity index (χ0n) is 13.0. The Labute approximate surface area is 118 Å². The highest BCUT2D eigenvalue weighted by Gasteiger charge is 2.55. The van der Waals surface area contributed by atoms with Gasteiger partial charge < -0.3 is 10.1 Å². The largest absolute Gasteiger partial charge is 0.373 e. The highest BCUT2D eigenvalue weighted by atomic mass is 16.5. The molecule has 2 saturated heterocycles. The van der Waals surface area contributed by atoms with Crippen LogP contribution in [0, 0.1) is 17.8 Å². The predicted molar refractivity (Wildman–Crippen MR) is 79.2 cm³/mol. The van der Waals surface area contributed by atoms with E-state index in [9.17, 15) is 0 Å². The number of ether oxygens (including phenoxy) is 1. The first-order valence-corrected chi connectivity index (χ1v) is 8.65. The Morgan fingerprint density at radius 3 is 2.53 bits per heavy atom. The molecule has 2 heteroatoms. The molecule has 3 rings (SSSR count). The van der Waals surface area contributed by atoms with Gasteiger partial charge in [0.25, 0.3) is 0 Å². The molecule has 1 aliphatic carbocycles. The molecule has 2 aliphatic heterocycles. The Morgan fingerprint density at radius 1 is 1.05 bits per heavy atom. The molecule has 2 heterocycles. The fourth-order valence-corrected chi connectivity index (χ4v) is 5.41. The number of hydrogen-bond acceptors (Lipinski definition) is 2. The number of hydrogen-bond donors (Lipinski definition) is 1. The average molecular weight is 265 g/mol. The van der Waals surface area contributed by atoms with Crippen LogP contribution in [0.5, 0.6) is 0 Å². The molecule has 3 fully saturated rings. The van der Waals surface area contributed by atoms with Gasteiger partial charge in [-0.2, -0.15) is 0 Å². The lowest BCUT2D eigenvalue weighted by Crippen LogP contribution is -2.56. The topological polar surface area (TPSA) is 21.3 Å². The summed E-state index contributed by atoms with van der Waals surface area (Å²) in [4.78, 5) is 0. The third kappa shape index (κ3) is 2.06. The van der Waals surface area contributed by atoms with Crippen LogP contribution >= 0.6 is 0 Å². The summed E-state index contributed by atoms with van der Waals surface area (Å²) in [6.07, 6.45) is 9.31. The van der Waals surface area contributed by atoms with Crippen LogP contribution in [0.4, 0.5) is 0 Å². The van der Waals surface area contributed by atoms with Crippen molar-refractivity contribution in [3.63, 3.8) is 0 Å². The second-order valence-electron chi connectivity index (χ2n) is 7.01. The van der Waals surface area contributed by atoms with Crippen LogP contribution in [0.2, 0.25) is 0 Å². The quantitative estimate of drug-likeness (QED) is 0.839. The Hall–Kier alpha value is -0.0800. The summed E-state index contributed by atoms with van der Waals surface area (Å²) in [5, 5.41) is 4.06. The zero-order valence-corrected chi connectivity index (χ0v) is 13.0. The molecular formula is C17H31NO. The van der Waals surface area contributed by atoms with Crippen LogP contribution in [0.3, 0.4) is 0 Å². The van der Waals surface area contributed by atoms with Crippen molar-refractivity contribution < 1.29 is 4.74 Å². The summed E-state index contributed by atoms with van der Waals surface area (Å²) in [6.45, 7) is 7.99. The molecular weight excluding hydrogens is 234 g/mol. The molecule has 0 radical (unpaired) electrons. The molecule has 110 valence electrons. The molecule has 0 aromatic heterocycles. The Kier molecular flexibility index (Phi) is 3.92. The lowest BCUT2D eigenvalue weighted by atomic mass is 9.68. The van der Waals surface area contributed by atoms with Crippen LogP contribution in [0.25, 0.3) is 0 Å². The van der Waals surface area contributed by atoms with Crippen molar-refractivity contribution >= 4 is 0 Å². The first-order valence-electron chi connectivity index (χ1n) is 8.65. The summed E-state index contributed by atoms with van der Waals surface area (Å²) in [5.74, 6) is 2.73. The zero-order chi connectivity index (χ0) is 13.5. The van der Waals surface area contributed by atoms with E-state index in [2.05, 4.69) is 26.1 Å². The van der Waals surface area contributed by atoms with Crippen molar-refractivity contribution in [2.45, 2.75) is 83.4 Å². The van der Waals surface area contributed by atoms with E-state index in [0.29, 0.717) is 6.04 Å². The Balaban J connectivity index is 1.85. The van der Waals surface area contributed by atoms with Gasteiger partial charge in [0.1, 0.15) is 0 Å². The summed E-state index contributed by atoms with van der Waals surface area (Å²) in [6, 6.07) is 1.41. The highest BCUT2D eigenvalue weighted by molar-refractivity contribution is 5.10. The normalized spacial score (nSPS) is 44.7. The minimum atomic E-state index is 0.124. The van der Waals surface area contributed by atoms with E-state index in [1.165, 1.54) is 32.1 Å². The summed E-state index contributed by atoms with van der Waals surface area (Å²) < 4.78 is 6.29. The third-order valence-electron chi connectivity index (χ3n) is 6.56. The molecule has 1 saturated carbocycles. The van der Waals surface area contributed by atoms with Gasteiger partial charge in [0, 0.05) is 18.7 Å². The summed E-state index contributed by atoms with van der Waals surface area (Å²) >= 11 is 0. The van der Waals surface area contributed by atoms with E-state index in [4.69, 9.17) is 4.74 Å². The Bertz CT molecular complexity index is 312. The molecule has 0 bridgehead atoms. The molecule has 0 spiro atoms. The molecule has 19 heavy (non-hydrogen) atoms. The second-order valence-corrected chi connectivity index (χ2v) is 7.01. The maximum absolute atomic E-state index is 6.29. The van der Waals surface area contributed by atoms with E-state index >= 15 is 0 Å². The molecule has 5 unspecified atom stereocenters. The minimum Gasteiger partial charge on any atom is -0.373 e. The summed E-state index contributed by atoms with van der Waals surface area (Å²) in [7, 11) is 0. The molecule has 0 aromatic carbocycles. The second kappa shape index (κ2) is 5.37. The van der Waals surface area contributed by atoms with Crippen LogP contribution in [0.1, 0.15) is 65.7 Å². The minimum absolute atomic E-state index is 0.124. The van der Waals surface area contributed by atoms with Gasteiger partial charge in [-0.3, -0.25) is 0 Å².